The number of H-pyrrole nitrogens is 1. The monoisotopic (exact) mass is 299 g/mol. The van der Waals surface area contributed by atoms with Crippen LogP contribution in [0.25, 0.3) is 0 Å². The van der Waals surface area contributed by atoms with Crippen LogP contribution in [0.2, 0.25) is 0 Å². The van der Waals surface area contributed by atoms with Crippen LogP contribution in [0.15, 0.2) is 17.2 Å². The topological polar surface area (TPSA) is 96.3 Å². The van der Waals surface area contributed by atoms with Gasteiger partial charge in [-0.3, -0.25) is 4.79 Å². The molecule has 0 saturated carbocycles. The number of nitrogens with zero attached hydrogens (tertiary/aromatic N) is 1. The Morgan fingerprint density at radius 1 is 1.40 bits per heavy atom. The lowest BCUT2D eigenvalue weighted by Crippen LogP contribution is -2.48. The fourth-order valence-corrected chi connectivity index (χ4v) is 3.31. The van der Waals surface area contributed by atoms with Crippen LogP contribution in [-0.2, 0) is 10.0 Å². The minimum Gasteiger partial charge on any atom is -0.356 e. The van der Waals surface area contributed by atoms with Gasteiger partial charge in [-0.15, -0.1) is 0 Å². The molecule has 1 aliphatic heterocycles. The van der Waals surface area contributed by atoms with Crippen LogP contribution in [0.3, 0.4) is 0 Å². The molecule has 7 heteroatoms. The van der Waals surface area contributed by atoms with Crippen molar-refractivity contribution in [2.45, 2.75) is 38.1 Å². The summed E-state index contributed by atoms with van der Waals surface area (Å²) in [6, 6.07) is 1.44. The zero-order chi connectivity index (χ0) is 15.1. The Kier molecular flexibility index (Phi) is 3.93. The molecule has 3 atom stereocenters. The van der Waals surface area contributed by atoms with Crippen molar-refractivity contribution in [3.05, 3.63) is 18.0 Å². The van der Waals surface area contributed by atoms with E-state index in [1.807, 2.05) is 6.92 Å². The van der Waals surface area contributed by atoms with Gasteiger partial charge >= 0.3 is 0 Å². The molecule has 1 fully saturated rings. The molecule has 0 bridgehead atoms. The summed E-state index contributed by atoms with van der Waals surface area (Å²) in [6.07, 6.45) is 2.35. The van der Waals surface area contributed by atoms with Crippen LogP contribution >= 0.6 is 0 Å². The number of likely N-dealkylation sites (tertiary alicyclic amines) is 1. The highest BCUT2D eigenvalue weighted by molar-refractivity contribution is 7.89. The maximum Gasteiger partial charge on any atom is 0.270 e. The molecule has 2 rings (SSSR count). The molecule has 1 aliphatic rings. The smallest absolute Gasteiger partial charge is 0.270 e. The third-order valence-electron chi connectivity index (χ3n) is 4.07. The number of amides is 1. The molecule has 3 unspecified atom stereocenters. The summed E-state index contributed by atoms with van der Waals surface area (Å²) in [4.78, 5) is 16.9. The maximum absolute atomic E-state index is 12.5. The predicted molar refractivity (Wildman–Crippen MR) is 75.6 cm³/mol. The van der Waals surface area contributed by atoms with Gasteiger partial charge in [-0.2, -0.15) is 0 Å². The Morgan fingerprint density at radius 3 is 2.60 bits per heavy atom. The number of aromatic amines is 1. The van der Waals surface area contributed by atoms with Gasteiger partial charge in [-0.05, 0) is 31.2 Å². The highest BCUT2D eigenvalue weighted by Gasteiger charge is 2.33. The molecule has 1 aromatic heterocycles. The second kappa shape index (κ2) is 5.21. The standard InChI is InChI=1S/C13H21N3O3S/c1-8-4-9(2)10(3)16(7-8)13(17)12-5-11(6-15-12)20(14,18)19/h5-6,8-10,15H,4,7H2,1-3H3,(H2,14,18,19). The molecule has 0 aliphatic carbocycles. The lowest BCUT2D eigenvalue weighted by Gasteiger charge is -2.40. The van der Waals surface area contributed by atoms with Gasteiger partial charge in [0.1, 0.15) is 5.69 Å². The molecule has 112 valence electrons. The Labute approximate surface area is 119 Å². The average Bonchev–Trinajstić information content (AvgIpc) is 2.82. The van der Waals surface area contributed by atoms with E-state index in [0.717, 1.165) is 6.42 Å². The van der Waals surface area contributed by atoms with Crippen molar-refractivity contribution >= 4 is 15.9 Å². The molecule has 3 N–H and O–H groups in total. The summed E-state index contributed by atoms with van der Waals surface area (Å²) in [7, 11) is -3.78. The third-order valence-corrected chi connectivity index (χ3v) is 4.97. The number of hydrogen-bond donors (Lipinski definition) is 2. The lowest BCUT2D eigenvalue weighted by atomic mass is 9.86. The van der Waals surface area contributed by atoms with E-state index >= 15 is 0 Å². The van der Waals surface area contributed by atoms with Gasteiger partial charge in [0, 0.05) is 18.8 Å². The number of carbonyl (C=O) groups is 1. The molecular formula is C13H21N3O3S. The van der Waals surface area contributed by atoms with Crippen molar-refractivity contribution in [2.75, 3.05) is 6.54 Å². The zero-order valence-electron chi connectivity index (χ0n) is 12.0. The summed E-state index contributed by atoms with van der Waals surface area (Å²) in [5.74, 6) is 0.694. The van der Waals surface area contributed by atoms with Gasteiger partial charge in [0.25, 0.3) is 5.91 Å². The maximum atomic E-state index is 12.5. The van der Waals surface area contributed by atoms with E-state index in [-0.39, 0.29) is 22.5 Å². The minimum atomic E-state index is -3.78. The minimum absolute atomic E-state index is 0.0633. The molecule has 1 aromatic rings. The molecule has 0 spiro atoms. The molecule has 0 radical (unpaired) electrons. The molecule has 0 aromatic carbocycles. The molecule has 1 amide bonds. The van der Waals surface area contributed by atoms with Gasteiger partial charge in [-0.25, -0.2) is 13.6 Å². The van der Waals surface area contributed by atoms with Gasteiger partial charge in [-0.1, -0.05) is 13.8 Å². The number of rotatable bonds is 2. The van der Waals surface area contributed by atoms with Crippen molar-refractivity contribution in [1.82, 2.24) is 9.88 Å². The van der Waals surface area contributed by atoms with E-state index in [1.54, 1.807) is 4.90 Å². The summed E-state index contributed by atoms with van der Waals surface area (Å²) in [6.45, 7) is 6.96. The number of piperidine rings is 1. The van der Waals surface area contributed by atoms with Crippen molar-refractivity contribution < 1.29 is 13.2 Å². The van der Waals surface area contributed by atoms with Crippen LogP contribution in [0.4, 0.5) is 0 Å². The summed E-state index contributed by atoms with van der Waals surface area (Å²) in [5, 5.41) is 5.05. The predicted octanol–water partition coefficient (Wildman–Crippen LogP) is 1.17. The Hall–Kier alpha value is -1.34. The SMILES string of the molecule is CC1CC(C)C(C)N(C(=O)c2cc(S(N)(=O)=O)c[nH]2)C1. The van der Waals surface area contributed by atoms with Crippen LogP contribution in [0, 0.1) is 11.8 Å². The van der Waals surface area contributed by atoms with Gasteiger partial charge in [0.15, 0.2) is 0 Å². The summed E-state index contributed by atoms with van der Waals surface area (Å²) in [5.41, 5.74) is 0.266. The highest BCUT2D eigenvalue weighted by Crippen LogP contribution is 2.28. The molecule has 6 nitrogen and oxygen atoms in total. The van der Waals surface area contributed by atoms with Crippen LogP contribution in [0.5, 0.6) is 0 Å². The molecule has 20 heavy (non-hydrogen) atoms. The first kappa shape index (κ1) is 15.1. The van der Waals surface area contributed by atoms with E-state index in [9.17, 15) is 13.2 Å². The number of hydrogen-bond acceptors (Lipinski definition) is 3. The normalized spacial score (nSPS) is 27.6. The Bertz CT molecular complexity index is 608. The van der Waals surface area contributed by atoms with Crippen molar-refractivity contribution in [1.29, 1.82) is 0 Å². The van der Waals surface area contributed by atoms with Gasteiger partial charge in [0.2, 0.25) is 10.0 Å². The average molecular weight is 299 g/mol. The van der Waals surface area contributed by atoms with Gasteiger partial charge < -0.3 is 9.88 Å². The summed E-state index contributed by atoms with van der Waals surface area (Å²) < 4.78 is 22.5. The Morgan fingerprint density at radius 2 is 2.05 bits per heavy atom. The largest absolute Gasteiger partial charge is 0.356 e. The fourth-order valence-electron chi connectivity index (χ4n) is 2.80. The van der Waals surface area contributed by atoms with E-state index in [2.05, 4.69) is 18.8 Å². The van der Waals surface area contributed by atoms with E-state index in [1.165, 1.54) is 12.3 Å². The highest BCUT2D eigenvalue weighted by atomic mass is 32.2. The Balaban J connectivity index is 2.24. The van der Waals surface area contributed by atoms with Crippen LogP contribution in [0.1, 0.15) is 37.7 Å². The number of primary sulfonamides is 1. The van der Waals surface area contributed by atoms with Crippen molar-refractivity contribution in [3.8, 4) is 0 Å². The zero-order valence-corrected chi connectivity index (χ0v) is 12.8. The molecule has 2 heterocycles. The van der Waals surface area contributed by atoms with E-state index in [0.29, 0.717) is 18.4 Å². The first-order chi connectivity index (χ1) is 9.20. The van der Waals surface area contributed by atoms with E-state index in [4.69, 9.17) is 5.14 Å². The fraction of sp³-hybridized carbons (Fsp3) is 0.615. The second-order valence-electron chi connectivity index (χ2n) is 5.81. The second-order valence-corrected chi connectivity index (χ2v) is 7.37. The number of aromatic nitrogens is 1. The lowest BCUT2D eigenvalue weighted by molar-refractivity contribution is 0.0450. The first-order valence-corrected chi connectivity index (χ1v) is 8.27. The van der Waals surface area contributed by atoms with E-state index < -0.39 is 10.0 Å². The summed E-state index contributed by atoms with van der Waals surface area (Å²) >= 11 is 0. The van der Waals surface area contributed by atoms with Crippen molar-refractivity contribution in [3.63, 3.8) is 0 Å². The number of carbonyl (C=O) groups excluding carboxylic acids is 1. The molecule has 1 saturated heterocycles. The van der Waals surface area contributed by atoms with Gasteiger partial charge in [0.05, 0.1) is 4.90 Å². The van der Waals surface area contributed by atoms with Crippen LogP contribution in [-0.4, -0.2) is 36.8 Å². The van der Waals surface area contributed by atoms with Crippen LogP contribution < -0.4 is 5.14 Å². The van der Waals surface area contributed by atoms with Crippen molar-refractivity contribution in [2.24, 2.45) is 17.0 Å². The quantitative estimate of drug-likeness (QED) is 0.858. The molecular weight excluding hydrogens is 278 g/mol. The third kappa shape index (κ3) is 2.88. The number of sulfonamides is 1. The first-order valence-electron chi connectivity index (χ1n) is 6.72. The number of nitrogens with two attached hydrogens (primary N) is 1. The number of nitrogens with one attached hydrogen (secondary N) is 1.